The van der Waals surface area contributed by atoms with Gasteiger partial charge in [0.05, 0.1) is 6.10 Å². The van der Waals surface area contributed by atoms with Gasteiger partial charge in [0.25, 0.3) is 0 Å². The molecule has 1 saturated heterocycles. The highest BCUT2D eigenvalue weighted by Gasteiger charge is 2.35. The molecule has 0 saturated carbocycles. The van der Waals surface area contributed by atoms with Crippen LogP contribution in [0.25, 0.3) is 0 Å². The third-order valence-corrected chi connectivity index (χ3v) is 5.25. The van der Waals surface area contributed by atoms with Gasteiger partial charge in [-0.05, 0) is 36.5 Å². The Morgan fingerprint density at radius 3 is 2.82 bits per heavy atom. The van der Waals surface area contributed by atoms with E-state index in [1.807, 2.05) is 12.4 Å². The van der Waals surface area contributed by atoms with Gasteiger partial charge in [0.2, 0.25) is 0 Å². The Kier molecular flexibility index (Phi) is 4.57. The van der Waals surface area contributed by atoms with E-state index in [0.29, 0.717) is 22.8 Å². The summed E-state index contributed by atoms with van der Waals surface area (Å²) < 4.78 is 5.78. The third-order valence-electron chi connectivity index (χ3n) is 3.78. The Morgan fingerprint density at radius 2 is 2.18 bits per heavy atom. The highest BCUT2D eigenvalue weighted by Crippen LogP contribution is 2.37. The van der Waals surface area contributed by atoms with Gasteiger partial charge in [-0.15, -0.1) is 0 Å². The summed E-state index contributed by atoms with van der Waals surface area (Å²) in [6.07, 6.45) is 6.44. The first-order valence-electron chi connectivity index (χ1n) is 6.39. The average Bonchev–Trinajstić information content (AvgIpc) is 2.86. The van der Waals surface area contributed by atoms with Crippen molar-refractivity contribution in [2.24, 2.45) is 5.92 Å². The lowest BCUT2D eigenvalue weighted by Crippen LogP contribution is -2.27. The van der Waals surface area contributed by atoms with Gasteiger partial charge in [-0.25, -0.2) is 0 Å². The number of pyridine rings is 1. The molecule has 0 aromatic carbocycles. The van der Waals surface area contributed by atoms with E-state index in [0.717, 1.165) is 13.0 Å². The van der Waals surface area contributed by atoms with Crippen LogP contribution in [0.1, 0.15) is 38.2 Å². The molecule has 94 valence electrons. The topological polar surface area (TPSA) is 22.1 Å². The van der Waals surface area contributed by atoms with Crippen molar-refractivity contribution < 1.29 is 4.74 Å². The van der Waals surface area contributed by atoms with E-state index in [2.05, 4.69) is 46.9 Å². The van der Waals surface area contributed by atoms with Gasteiger partial charge in [0.1, 0.15) is 0 Å². The van der Waals surface area contributed by atoms with Crippen molar-refractivity contribution in [3.8, 4) is 0 Å². The largest absolute Gasteiger partial charge is 0.378 e. The molecule has 0 amide bonds. The summed E-state index contributed by atoms with van der Waals surface area (Å²) in [4.78, 5) is 4.56. The minimum Gasteiger partial charge on any atom is -0.378 e. The lowest BCUT2D eigenvalue weighted by atomic mass is 9.86. The highest BCUT2D eigenvalue weighted by atomic mass is 79.9. The van der Waals surface area contributed by atoms with Crippen LogP contribution in [0.4, 0.5) is 0 Å². The molecular formula is C14H20BrNO. The van der Waals surface area contributed by atoms with Gasteiger partial charge in [0, 0.05) is 29.7 Å². The summed E-state index contributed by atoms with van der Waals surface area (Å²) in [5.41, 5.74) is 1.35. The summed E-state index contributed by atoms with van der Waals surface area (Å²) in [5.74, 6) is 1.13. The highest BCUT2D eigenvalue weighted by molar-refractivity contribution is 9.09. The number of nitrogens with zero attached hydrogens (tertiary/aromatic N) is 1. The maximum Gasteiger partial charge on any atom is 0.0612 e. The molecule has 2 heterocycles. The Labute approximate surface area is 112 Å². The van der Waals surface area contributed by atoms with Gasteiger partial charge < -0.3 is 4.74 Å². The zero-order valence-corrected chi connectivity index (χ0v) is 12.1. The number of hydrogen-bond donors (Lipinski definition) is 0. The van der Waals surface area contributed by atoms with Gasteiger partial charge in [-0.2, -0.15) is 0 Å². The predicted molar refractivity (Wildman–Crippen MR) is 73.5 cm³/mol. The maximum atomic E-state index is 5.78. The quantitative estimate of drug-likeness (QED) is 0.790. The molecule has 0 bridgehead atoms. The fourth-order valence-electron chi connectivity index (χ4n) is 2.67. The molecule has 1 fully saturated rings. The van der Waals surface area contributed by atoms with E-state index < -0.39 is 0 Å². The molecule has 4 atom stereocenters. The summed E-state index contributed by atoms with van der Waals surface area (Å²) in [6, 6.07) is 4.21. The molecule has 0 N–H and O–H groups in total. The average molecular weight is 298 g/mol. The number of aromatic nitrogens is 1. The minimum atomic E-state index is 0.420. The molecule has 0 aliphatic carbocycles. The summed E-state index contributed by atoms with van der Waals surface area (Å²) >= 11 is 3.89. The number of halogens is 1. The van der Waals surface area contributed by atoms with Crippen LogP contribution in [0.3, 0.4) is 0 Å². The fourth-order valence-corrected chi connectivity index (χ4v) is 3.58. The summed E-state index contributed by atoms with van der Waals surface area (Å²) in [5, 5.41) is 0. The molecule has 0 radical (unpaired) electrons. The minimum absolute atomic E-state index is 0.420. The molecule has 3 heteroatoms. The van der Waals surface area contributed by atoms with Gasteiger partial charge in [-0.1, -0.05) is 29.8 Å². The molecular weight excluding hydrogens is 278 g/mol. The SMILES string of the molecule is CCC1OCCC1C(Br)C(C)c1ccncc1. The van der Waals surface area contributed by atoms with Gasteiger partial charge in [0.15, 0.2) is 0 Å². The molecule has 2 nitrogen and oxygen atoms in total. The first kappa shape index (κ1) is 13.0. The van der Waals surface area contributed by atoms with Crippen molar-refractivity contribution in [3.63, 3.8) is 0 Å². The first-order valence-corrected chi connectivity index (χ1v) is 7.31. The third kappa shape index (κ3) is 2.89. The van der Waals surface area contributed by atoms with Crippen LogP contribution in [0.5, 0.6) is 0 Å². The second kappa shape index (κ2) is 5.96. The Balaban J connectivity index is 2.07. The van der Waals surface area contributed by atoms with E-state index in [1.54, 1.807) is 0 Å². The van der Waals surface area contributed by atoms with Gasteiger partial charge in [-0.3, -0.25) is 4.98 Å². The van der Waals surface area contributed by atoms with Crippen LogP contribution in [-0.4, -0.2) is 22.5 Å². The van der Waals surface area contributed by atoms with Crippen molar-refractivity contribution in [2.75, 3.05) is 6.61 Å². The Bertz CT molecular complexity index is 343. The lowest BCUT2D eigenvalue weighted by Gasteiger charge is -2.27. The van der Waals surface area contributed by atoms with Crippen LogP contribution in [0, 0.1) is 5.92 Å². The van der Waals surface area contributed by atoms with Crippen LogP contribution in [-0.2, 0) is 4.74 Å². The van der Waals surface area contributed by atoms with E-state index in [1.165, 1.54) is 12.0 Å². The van der Waals surface area contributed by atoms with Crippen molar-refractivity contribution in [1.82, 2.24) is 4.98 Å². The first-order chi connectivity index (χ1) is 8.24. The molecule has 2 rings (SSSR count). The van der Waals surface area contributed by atoms with E-state index >= 15 is 0 Å². The van der Waals surface area contributed by atoms with Gasteiger partial charge >= 0.3 is 0 Å². The van der Waals surface area contributed by atoms with Crippen molar-refractivity contribution in [1.29, 1.82) is 0 Å². The Morgan fingerprint density at radius 1 is 1.47 bits per heavy atom. The van der Waals surface area contributed by atoms with E-state index in [4.69, 9.17) is 4.74 Å². The van der Waals surface area contributed by atoms with Crippen molar-refractivity contribution in [3.05, 3.63) is 30.1 Å². The standard InChI is InChI=1S/C14H20BrNO/c1-3-13-12(6-9-17-13)14(15)10(2)11-4-7-16-8-5-11/h4-5,7-8,10,12-14H,3,6,9H2,1-2H3. The smallest absolute Gasteiger partial charge is 0.0612 e. The van der Waals surface area contributed by atoms with Crippen LogP contribution in [0.15, 0.2) is 24.5 Å². The zero-order valence-electron chi connectivity index (χ0n) is 10.5. The van der Waals surface area contributed by atoms with Crippen LogP contribution < -0.4 is 0 Å². The number of rotatable bonds is 4. The molecule has 1 aliphatic rings. The molecule has 4 unspecified atom stereocenters. The fraction of sp³-hybridized carbons (Fsp3) is 0.643. The summed E-state index contributed by atoms with van der Waals surface area (Å²) in [6.45, 7) is 5.40. The zero-order chi connectivity index (χ0) is 12.3. The molecule has 1 aliphatic heterocycles. The van der Waals surface area contributed by atoms with E-state index in [9.17, 15) is 0 Å². The molecule has 1 aromatic rings. The maximum absolute atomic E-state index is 5.78. The second-order valence-electron chi connectivity index (χ2n) is 4.78. The van der Waals surface area contributed by atoms with Crippen LogP contribution in [0.2, 0.25) is 0 Å². The summed E-state index contributed by atoms with van der Waals surface area (Å²) in [7, 11) is 0. The monoisotopic (exact) mass is 297 g/mol. The Hall–Kier alpha value is -0.410. The van der Waals surface area contributed by atoms with Crippen molar-refractivity contribution >= 4 is 15.9 Å². The van der Waals surface area contributed by atoms with Crippen molar-refractivity contribution in [2.45, 2.75) is 43.5 Å². The second-order valence-corrected chi connectivity index (χ2v) is 5.84. The lowest BCUT2D eigenvalue weighted by molar-refractivity contribution is 0.0860. The normalized spacial score (nSPS) is 27.9. The predicted octanol–water partition coefficient (Wildman–Crippen LogP) is 3.76. The van der Waals surface area contributed by atoms with Crippen LogP contribution >= 0.6 is 15.9 Å². The number of alkyl halides is 1. The molecule has 17 heavy (non-hydrogen) atoms. The number of hydrogen-bond acceptors (Lipinski definition) is 2. The molecule has 0 spiro atoms. The van der Waals surface area contributed by atoms with E-state index in [-0.39, 0.29) is 0 Å². The number of ether oxygens (including phenoxy) is 1. The molecule has 1 aromatic heterocycles.